The predicted molar refractivity (Wildman–Crippen MR) is 99.6 cm³/mol. The molecule has 0 fully saturated rings. The summed E-state index contributed by atoms with van der Waals surface area (Å²) in [6.45, 7) is 10.7. The Hall–Kier alpha value is -1.85. The molecule has 0 amide bonds. The fourth-order valence-corrected chi connectivity index (χ4v) is 4.51. The Labute approximate surface area is 146 Å². The molecular weight excluding hydrogens is 316 g/mol. The van der Waals surface area contributed by atoms with E-state index in [0.29, 0.717) is 0 Å². The van der Waals surface area contributed by atoms with Crippen LogP contribution in [0, 0.1) is 6.92 Å². The fourth-order valence-electron chi connectivity index (χ4n) is 3.37. The van der Waals surface area contributed by atoms with Gasteiger partial charge in [0.25, 0.3) is 0 Å². The molecule has 24 heavy (non-hydrogen) atoms. The van der Waals surface area contributed by atoms with Crippen molar-refractivity contribution in [3.05, 3.63) is 36.2 Å². The average Bonchev–Trinajstić information content (AvgIpc) is 2.99. The summed E-state index contributed by atoms with van der Waals surface area (Å²) < 4.78 is 2.18. The van der Waals surface area contributed by atoms with Gasteiger partial charge in [-0.15, -0.1) is 0 Å². The lowest BCUT2D eigenvalue weighted by Gasteiger charge is -2.18. The van der Waals surface area contributed by atoms with Crippen molar-refractivity contribution in [3.8, 4) is 11.3 Å². The molecular formula is C19H22N4S. The molecule has 0 atom stereocenters. The van der Waals surface area contributed by atoms with Gasteiger partial charge in [-0.25, -0.2) is 0 Å². The van der Waals surface area contributed by atoms with Crippen LogP contribution >= 0.6 is 11.8 Å². The number of hydrogen-bond donors (Lipinski definition) is 0. The maximum atomic E-state index is 4.98. The minimum absolute atomic E-state index is 0.918. The summed E-state index contributed by atoms with van der Waals surface area (Å²) in [4.78, 5) is 9.35. The molecule has 0 saturated carbocycles. The summed E-state index contributed by atoms with van der Waals surface area (Å²) >= 11 is 1.84. The summed E-state index contributed by atoms with van der Waals surface area (Å²) in [7, 11) is 0. The zero-order valence-electron chi connectivity index (χ0n) is 14.4. The molecule has 1 aliphatic heterocycles. The van der Waals surface area contributed by atoms with Crippen LogP contribution < -0.4 is 0 Å². The van der Waals surface area contributed by atoms with E-state index in [-0.39, 0.29) is 0 Å². The van der Waals surface area contributed by atoms with Gasteiger partial charge in [-0.1, -0.05) is 31.7 Å². The highest BCUT2D eigenvalue weighted by atomic mass is 32.2. The third-order valence-electron chi connectivity index (χ3n) is 4.84. The van der Waals surface area contributed by atoms with Gasteiger partial charge in [-0.05, 0) is 37.7 Å². The summed E-state index contributed by atoms with van der Waals surface area (Å²) in [6.07, 6.45) is 3.81. The van der Waals surface area contributed by atoms with E-state index in [9.17, 15) is 0 Å². The first kappa shape index (κ1) is 15.7. The zero-order chi connectivity index (χ0) is 16.7. The standard InChI is InChI=1S/C19H22N4S/c1-4-22(5-2)10-11-23-15-7-6-13(3)19-17(15)18(21-23)14-12-20-9-8-16(14)24-19/h6-9,12H,4-5,10-11H2,1-3H3. The fraction of sp³-hybridized carbons (Fsp3) is 0.368. The van der Waals surface area contributed by atoms with E-state index in [1.165, 1.54) is 26.3 Å². The molecule has 3 aromatic rings. The molecule has 5 heteroatoms. The molecule has 124 valence electrons. The molecule has 4 nitrogen and oxygen atoms in total. The minimum Gasteiger partial charge on any atom is -0.302 e. The van der Waals surface area contributed by atoms with Gasteiger partial charge in [0.15, 0.2) is 0 Å². The molecule has 0 N–H and O–H groups in total. The third-order valence-corrected chi connectivity index (χ3v) is 6.14. The summed E-state index contributed by atoms with van der Waals surface area (Å²) in [5.41, 5.74) is 4.80. The van der Waals surface area contributed by atoms with Crippen LogP contribution in [0.1, 0.15) is 19.4 Å². The lowest BCUT2D eigenvalue weighted by molar-refractivity contribution is 0.287. The van der Waals surface area contributed by atoms with Crippen LogP contribution in [-0.4, -0.2) is 39.3 Å². The van der Waals surface area contributed by atoms with Crippen molar-refractivity contribution in [1.82, 2.24) is 19.7 Å². The number of pyridine rings is 1. The Bertz CT molecular complexity index is 896. The first-order chi connectivity index (χ1) is 11.7. The van der Waals surface area contributed by atoms with Gasteiger partial charge in [0.05, 0.1) is 12.1 Å². The number of aryl methyl sites for hydroxylation is 1. The molecule has 0 saturated heterocycles. The summed E-state index contributed by atoms with van der Waals surface area (Å²) in [5.74, 6) is 0. The molecule has 0 spiro atoms. The quantitative estimate of drug-likeness (QED) is 0.546. The highest BCUT2D eigenvalue weighted by Gasteiger charge is 2.25. The number of fused-ring (bicyclic) bond motifs is 2. The zero-order valence-corrected chi connectivity index (χ0v) is 15.2. The van der Waals surface area contributed by atoms with Crippen LogP contribution in [-0.2, 0) is 6.54 Å². The molecule has 4 rings (SSSR count). The summed E-state index contributed by atoms with van der Waals surface area (Å²) in [6, 6.07) is 6.53. The van der Waals surface area contributed by atoms with Crippen LogP contribution in [0.3, 0.4) is 0 Å². The van der Waals surface area contributed by atoms with Crippen LogP contribution in [0.5, 0.6) is 0 Å². The second kappa shape index (κ2) is 6.22. The SMILES string of the molecule is CCN(CC)CCn1nc2c3c(c(C)ccc31)Sc1ccncc1-2. The highest BCUT2D eigenvalue weighted by Crippen LogP contribution is 2.48. The van der Waals surface area contributed by atoms with Crippen molar-refractivity contribution in [3.63, 3.8) is 0 Å². The maximum Gasteiger partial charge on any atom is 0.104 e. The number of aromatic nitrogens is 3. The van der Waals surface area contributed by atoms with E-state index < -0.39 is 0 Å². The first-order valence-electron chi connectivity index (χ1n) is 8.57. The molecule has 0 radical (unpaired) electrons. The molecule has 0 unspecified atom stereocenters. The smallest absolute Gasteiger partial charge is 0.104 e. The number of rotatable bonds is 5. The topological polar surface area (TPSA) is 34.0 Å². The average molecular weight is 338 g/mol. The lowest BCUT2D eigenvalue weighted by atomic mass is 10.1. The van der Waals surface area contributed by atoms with E-state index in [2.05, 4.69) is 53.5 Å². The predicted octanol–water partition coefficient (Wildman–Crippen LogP) is 4.21. The van der Waals surface area contributed by atoms with Gasteiger partial charge in [-0.2, -0.15) is 5.10 Å². The van der Waals surface area contributed by atoms with Crippen molar-refractivity contribution >= 4 is 22.7 Å². The van der Waals surface area contributed by atoms with Gasteiger partial charge >= 0.3 is 0 Å². The highest BCUT2D eigenvalue weighted by molar-refractivity contribution is 7.99. The monoisotopic (exact) mass is 338 g/mol. The second-order valence-electron chi connectivity index (χ2n) is 6.18. The van der Waals surface area contributed by atoms with Crippen LogP contribution in [0.4, 0.5) is 0 Å². The maximum absolute atomic E-state index is 4.98. The van der Waals surface area contributed by atoms with Crippen molar-refractivity contribution in [2.24, 2.45) is 0 Å². The van der Waals surface area contributed by atoms with Crippen molar-refractivity contribution in [2.75, 3.05) is 19.6 Å². The number of benzene rings is 1. The normalized spacial score (nSPS) is 12.8. The van der Waals surface area contributed by atoms with E-state index in [0.717, 1.165) is 37.4 Å². The van der Waals surface area contributed by atoms with Crippen molar-refractivity contribution in [2.45, 2.75) is 37.1 Å². The molecule has 0 aliphatic carbocycles. The van der Waals surface area contributed by atoms with Crippen molar-refractivity contribution < 1.29 is 0 Å². The first-order valence-corrected chi connectivity index (χ1v) is 9.39. The van der Waals surface area contributed by atoms with E-state index in [1.807, 2.05) is 24.2 Å². The van der Waals surface area contributed by atoms with E-state index in [1.54, 1.807) is 0 Å². The van der Waals surface area contributed by atoms with Crippen LogP contribution in [0.25, 0.3) is 22.2 Å². The molecule has 1 aliphatic rings. The van der Waals surface area contributed by atoms with Crippen molar-refractivity contribution in [1.29, 1.82) is 0 Å². The molecule has 1 aromatic carbocycles. The Morgan fingerprint density at radius 3 is 2.79 bits per heavy atom. The van der Waals surface area contributed by atoms with Crippen LogP contribution in [0.15, 0.2) is 40.4 Å². The number of hydrogen-bond acceptors (Lipinski definition) is 4. The van der Waals surface area contributed by atoms with Crippen LogP contribution in [0.2, 0.25) is 0 Å². The minimum atomic E-state index is 0.918. The largest absolute Gasteiger partial charge is 0.302 e. The van der Waals surface area contributed by atoms with E-state index in [4.69, 9.17) is 5.10 Å². The number of nitrogens with zero attached hydrogens (tertiary/aromatic N) is 4. The van der Waals surface area contributed by atoms with Gasteiger partial charge in [0.1, 0.15) is 5.69 Å². The van der Waals surface area contributed by atoms with Gasteiger partial charge in [0.2, 0.25) is 0 Å². The Balaban J connectivity index is 1.84. The van der Waals surface area contributed by atoms with Gasteiger partial charge < -0.3 is 4.90 Å². The third kappa shape index (κ3) is 2.43. The lowest BCUT2D eigenvalue weighted by Crippen LogP contribution is -2.27. The Morgan fingerprint density at radius 2 is 2.00 bits per heavy atom. The van der Waals surface area contributed by atoms with Gasteiger partial charge in [-0.3, -0.25) is 9.67 Å². The number of likely N-dealkylation sites (N-methyl/N-ethyl adjacent to an activating group) is 1. The van der Waals surface area contributed by atoms with E-state index >= 15 is 0 Å². The Morgan fingerprint density at radius 1 is 1.17 bits per heavy atom. The summed E-state index contributed by atoms with van der Waals surface area (Å²) in [5, 5.41) is 6.27. The molecule has 0 bridgehead atoms. The molecule has 3 heterocycles. The van der Waals surface area contributed by atoms with Gasteiger partial charge in [0, 0.05) is 39.7 Å². The molecule has 2 aromatic heterocycles. The second-order valence-corrected chi connectivity index (χ2v) is 7.23. The Kier molecular flexibility index (Phi) is 4.06.